The lowest BCUT2D eigenvalue weighted by Gasteiger charge is -2.23. The van der Waals surface area contributed by atoms with Crippen molar-refractivity contribution in [3.63, 3.8) is 0 Å². The summed E-state index contributed by atoms with van der Waals surface area (Å²) in [5.74, 6) is 0.301. The summed E-state index contributed by atoms with van der Waals surface area (Å²) in [5, 5.41) is 3.29. The summed E-state index contributed by atoms with van der Waals surface area (Å²) in [6.07, 6.45) is 5.92. The molecule has 2 aliphatic rings. The molecule has 17 heavy (non-hydrogen) atoms. The number of sulfone groups is 1. The van der Waals surface area contributed by atoms with Crippen molar-refractivity contribution in [2.45, 2.75) is 49.8 Å². The van der Waals surface area contributed by atoms with E-state index in [0.717, 1.165) is 51.7 Å². The molecule has 5 heteroatoms. The minimum absolute atomic E-state index is 0.0565. The van der Waals surface area contributed by atoms with Gasteiger partial charge in [-0.1, -0.05) is 12.8 Å². The van der Waals surface area contributed by atoms with Crippen LogP contribution in [-0.2, 0) is 14.6 Å². The largest absolute Gasteiger partial charge is 0.381 e. The molecule has 0 unspecified atom stereocenters. The number of nitrogens with one attached hydrogen (secondary N) is 1. The standard InChI is InChI=1S/C12H23NO3S/c14-17(15,12-3-1-2-4-12)10-7-13-11-5-8-16-9-6-11/h11-13H,1-10H2. The summed E-state index contributed by atoms with van der Waals surface area (Å²) in [6, 6.07) is 0.447. The minimum atomic E-state index is -2.85. The first kappa shape index (κ1) is 13.3. The van der Waals surface area contributed by atoms with Crippen LogP contribution in [0.2, 0.25) is 0 Å². The molecule has 0 bridgehead atoms. The van der Waals surface area contributed by atoms with E-state index in [9.17, 15) is 8.42 Å². The highest BCUT2D eigenvalue weighted by atomic mass is 32.2. The average Bonchev–Trinajstić information content (AvgIpc) is 2.84. The molecular weight excluding hydrogens is 238 g/mol. The van der Waals surface area contributed by atoms with Crippen LogP contribution in [0.25, 0.3) is 0 Å². The zero-order chi connectivity index (χ0) is 12.1. The highest BCUT2D eigenvalue weighted by molar-refractivity contribution is 7.92. The maximum absolute atomic E-state index is 12.0. The van der Waals surface area contributed by atoms with Crippen molar-refractivity contribution in [1.29, 1.82) is 0 Å². The van der Waals surface area contributed by atoms with Gasteiger partial charge in [-0.15, -0.1) is 0 Å². The van der Waals surface area contributed by atoms with E-state index < -0.39 is 9.84 Å². The predicted octanol–water partition coefficient (Wildman–Crippen LogP) is 1.11. The van der Waals surface area contributed by atoms with E-state index in [2.05, 4.69) is 5.32 Å². The third-order valence-electron chi connectivity index (χ3n) is 3.85. The molecule has 0 amide bonds. The van der Waals surface area contributed by atoms with Crippen molar-refractivity contribution in [1.82, 2.24) is 5.32 Å². The molecular formula is C12H23NO3S. The van der Waals surface area contributed by atoms with Gasteiger partial charge in [0.25, 0.3) is 0 Å². The van der Waals surface area contributed by atoms with Gasteiger partial charge in [0.15, 0.2) is 9.84 Å². The van der Waals surface area contributed by atoms with Crippen molar-refractivity contribution < 1.29 is 13.2 Å². The Morgan fingerprint density at radius 2 is 1.71 bits per heavy atom. The van der Waals surface area contributed by atoms with Crippen LogP contribution in [0.15, 0.2) is 0 Å². The van der Waals surface area contributed by atoms with Gasteiger partial charge in [0, 0.05) is 25.8 Å². The normalized spacial score (nSPS) is 24.2. The van der Waals surface area contributed by atoms with Crippen molar-refractivity contribution in [3.8, 4) is 0 Å². The zero-order valence-electron chi connectivity index (χ0n) is 10.4. The molecule has 1 aliphatic carbocycles. The molecule has 0 aromatic carbocycles. The van der Waals surface area contributed by atoms with Gasteiger partial charge in [-0.2, -0.15) is 0 Å². The van der Waals surface area contributed by atoms with Gasteiger partial charge in [-0.05, 0) is 25.7 Å². The summed E-state index contributed by atoms with van der Waals surface area (Å²) in [5.41, 5.74) is 0. The van der Waals surface area contributed by atoms with Crippen LogP contribution < -0.4 is 5.32 Å². The highest BCUT2D eigenvalue weighted by Gasteiger charge is 2.28. The molecule has 1 saturated carbocycles. The van der Waals surface area contributed by atoms with Gasteiger partial charge in [-0.3, -0.25) is 0 Å². The SMILES string of the molecule is O=S(=O)(CCNC1CCOCC1)C1CCCC1. The topological polar surface area (TPSA) is 55.4 Å². The number of rotatable bonds is 5. The molecule has 0 spiro atoms. The molecule has 100 valence electrons. The molecule has 2 rings (SSSR count). The monoisotopic (exact) mass is 261 g/mol. The molecule has 4 nitrogen and oxygen atoms in total. The van der Waals surface area contributed by atoms with E-state index in [1.165, 1.54) is 0 Å². The van der Waals surface area contributed by atoms with Gasteiger partial charge < -0.3 is 10.1 Å². The van der Waals surface area contributed by atoms with E-state index in [4.69, 9.17) is 4.74 Å². The smallest absolute Gasteiger partial charge is 0.154 e. The Labute approximate surface area is 104 Å². The lowest BCUT2D eigenvalue weighted by Crippen LogP contribution is -2.38. The fourth-order valence-electron chi connectivity index (χ4n) is 2.72. The highest BCUT2D eigenvalue weighted by Crippen LogP contribution is 2.24. The summed E-state index contributed by atoms with van der Waals surface area (Å²) in [4.78, 5) is 0. The zero-order valence-corrected chi connectivity index (χ0v) is 11.2. The fraction of sp³-hybridized carbons (Fsp3) is 1.00. The van der Waals surface area contributed by atoms with E-state index in [1.54, 1.807) is 0 Å². The number of hydrogen-bond acceptors (Lipinski definition) is 4. The Hall–Kier alpha value is -0.130. The molecule has 1 heterocycles. The Balaban J connectivity index is 1.69. The van der Waals surface area contributed by atoms with Crippen LogP contribution in [0.4, 0.5) is 0 Å². The second kappa shape index (κ2) is 6.16. The van der Waals surface area contributed by atoms with Crippen LogP contribution in [-0.4, -0.2) is 45.2 Å². The van der Waals surface area contributed by atoms with E-state index in [0.29, 0.717) is 18.3 Å². The Bertz CT molecular complexity index is 317. The first-order valence-corrected chi connectivity index (χ1v) is 8.43. The van der Waals surface area contributed by atoms with Gasteiger partial charge >= 0.3 is 0 Å². The predicted molar refractivity (Wildman–Crippen MR) is 67.9 cm³/mol. The lowest BCUT2D eigenvalue weighted by molar-refractivity contribution is 0.0785. The van der Waals surface area contributed by atoms with E-state index >= 15 is 0 Å². The van der Waals surface area contributed by atoms with Gasteiger partial charge in [0.05, 0.1) is 11.0 Å². The Kier molecular flexibility index (Phi) is 4.82. The maximum atomic E-state index is 12.0. The van der Waals surface area contributed by atoms with Crippen LogP contribution in [0.5, 0.6) is 0 Å². The van der Waals surface area contributed by atoms with Crippen LogP contribution in [0, 0.1) is 0 Å². The van der Waals surface area contributed by atoms with Crippen LogP contribution in [0.1, 0.15) is 38.5 Å². The second-order valence-electron chi connectivity index (χ2n) is 5.11. The first-order valence-electron chi connectivity index (χ1n) is 6.71. The van der Waals surface area contributed by atoms with Crippen LogP contribution >= 0.6 is 0 Å². The van der Waals surface area contributed by atoms with E-state index in [-0.39, 0.29) is 5.25 Å². The molecule has 0 aromatic heterocycles. The van der Waals surface area contributed by atoms with Crippen molar-refractivity contribution >= 4 is 9.84 Å². The third kappa shape index (κ3) is 3.93. The average molecular weight is 261 g/mol. The Morgan fingerprint density at radius 3 is 2.35 bits per heavy atom. The van der Waals surface area contributed by atoms with Crippen molar-refractivity contribution in [3.05, 3.63) is 0 Å². The van der Waals surface area contributed by atoms with Crippen LogP contribution in [0.3, 0.4) is 0 Å². The summed E-state index contributed by atoms with van der Waals surface area (Å²) < 4.78 is 29.3. The first-order chi connectivity index (χ1) is 8.18. The molecule has 1 N–H and O–H groups in total. The molecule has 0 atom stereocenters. The molecule has 1 saturated heterocycles. The maximum Gasteiger partial charge on any atom is 0.154 e. The molecule has 1 aliphatic heterocycles. The second-order valence-corrected chi connectivity index (χ2v) is 7.51. The number of ether oxygens (including phenoxy) is 1. The minimum Gasteiger partial charge on any atom is -0.381 e. The summed E-state index contributed by atoms with van der Waals surface area (Å²) in [7, 11) is -2.85. The van der Waals surface area contributed by atoms with Gasteiger partial charge in [0.1, 0.15) is 0 Å². The van der Waals surface area contributed by atoms with Crippen molar-refractivity contribution in [2.75, 3.05) is 25.5 Å². The fourth-order valence-corrected chi connectivity index (χ4v) is 4.51. The quantitative estimate of drug-likeness (QED) is 0.805. The Morgan fingerprint density at radius 1 is 1.06 bits per heavy atom. The third-order valence-corrected chi connectivity index (χ3v) is 6.11. The molecule has 0 radical (unpaired) electrons. The van der Waals surface area contributed by atoms with E-state index in [1.807, 2.05) is 0 Å². The number of hydrogen-bond donors (Lipinski definition) is 1. The summed E-state index contributed by atoms with van der Waals surface area (Å²) >= 11 is 0. The summed E-state index contributed by atoms with van der Waals surface area (Å²) in [6.45, 7) is 2.20. The van der Waals surface area contributed by atoms with Gasteiger partial charge in [-0.25, -0.2) is 8.42 Å². The molecule has 0 aromatic rings. The van der Waals surface area contributed by atoms with Gasteiger partial charge in [0.2, 0.25) is 0 Å². The lowest BCUT2D eigenvalue weighted by atomic mass is 10.1. The molecule has 2 fully saturated rings. The van der Waals surface area contributed by atoms with Crippen molar-refractivity contribution in [2.24, 2.45) is 0 Å².